The van der Waals surface area contributed by atoms with Crippen LogP contribution in [0.5, 0.6) is 0 Å². The summed E-state index contributed by atoms with van der Waals surface area (Å²) in [6.07, 6.45) is 3.03. The highest BCUT2D eigenvalue weighted by molar-refractivity contribution is 6.06. The van der Waals surface area contributed by atoms with E-state index in [2.05, 4.69) is 4.98 Å². The summed E-state index contributed by atoms with van der Waals surface area (Å²) in [7, 11) is 0. The Hall–Kier alpha value is -1.92. The van der Waals surface area contributed by atoms with E-state index in [1.165, 1.54) is 12.1 Å². The van der Waals surface area contributed by atoms with E-state index in [0.717, 1.165) is 5.39 Å². The number of hydrogen-bond donors (Lipinski definition) is 1. The number of nitrogens with zero attached hydrogens (tertiary/aromatic N) is 1. The molecule has 2 aliphatic rings. The minimum atomic E-state index is -0.486. The fourth-order valence-electron chi connectivity index (χ4n) is 3.28. The predicted molar refractivity (Wildman–Crippen MR) is 78.0 cm³/mol. The van der Waals surface area contributed by atoms with Crippen LogP contribution >= 0.6 is 0 Å². The molecule has 0 saturated carbocycles. The molecular formula is C16H17FN2O3. The lowest BCUT2D eigenvalue weighted by atomic mass is 10.0. The van der Waals surface area contributed by atoms with Gasteiger partial charge in [-0.25, -0.2) is 4.39 Å². The van der Waals surface area contributed by atoms with Crippen LogP contribution < -0.4 is 0 Å². The van der Waals surface area contributed by atoms with Crippen molar-refractivity contribution in [2.24, 2.45) is 0 Å². The van der Waals surface area contributed by atoms with Gasteiger partial charge < -0.3 is 19.4 Å². The summed E-state index contributed by atoms with van der Waals surface area (Å²) in [5.41, 5.74) is 1.22. The number of hydrogen-bond acceptors (Lipinski definition) is 3. The van der Waals surface area contributed by atoms with Crippen LogP contribution in [0.25, 0.3) is 10.9 Å². The fraction of sp³-hybridized carbons (Fsp3) is 0.438. The first-order valence-electron chi connectivity index (χ1n) is 7.51. The highest BCUT2D eigenvalue weighted by atomic mass is 19.1. The molecule has 6 heteroatoms. The highest BCUT2D eigenvalue weighted by Crippen LogP contribution is 2.32. The lowest BCUT2D eigenvalue weighted by Crippen LogP contribution is -2.47. The molecule has 3 heterocycles. The lowest BCUT2D eigenvalue weighted by molar-refractivity contribution is -0.181. The van der Waals surface area contributed by atoms with E-state index in [1.807, 2.05) is 4.90 Å². The number of amides is 1. The maximum absolute atomic E-state index is 13.2. The van der Waals surface area contributed by atoms with E-state index in [0.29, 0.717) is 50.2 Å². The van der Waals surface area contributed by atoms with Crippen LogP contribution in [0.4, 0.5) is 4.39 Å². The summed E-state index contributed by atoms with van der Waals surface area (Å²) in [5.74, 6) is -0.838. The number of benzene rings is 1. The largest absolute Gasteiger partial charge is 0.360 e. The molecule has 22 heavy (non-hydrogen) atoms. The zero-order chi connectivity index (χ0) is 15.2. The molecule has 1 aromatic heterocycles. The Morgan fingerprint density at radius 1 is 1.23 bits per heavy atom. The summed E-state index contributed by atoms with van der Waals surface area (Å²) < 4.78 is 24.6. The van der Waals surface area contributed by atoms with Crippen LogP contribution in [-0.4, -0.2) is 47.9 Å². The van der Waals surface area contributed by atoms with Crippen molar-refractivity contribution in [3.8, 4) is 0 Å². The van der Waals surface area contributed by atoms with Gasteiger partial charge in [-0.1, -0.05) is 0 Å². The molecule has 2 aromatic rings. The molecule has 0 unspecified atom stereocenters. The number of aromatic nitrogens is 1. The van der Waals surface area contributed by atoms with Crippen LogP contribution in [0.3, 0.4) is 0 Å². The molecule has 0 radical (unpaired) electrons. The van der Waals surface area contributed by atoms with E-state index >= 15 is 0 Å². The number of H-pyrrole nitrogens is 1. The summed E-state index contributed by atoms with van der Waals surface area (Å²) in [5, 5.41) is 0.750. The van der Waals surface area contributed by atoms with E-state index in [1.54, 1.807) is 12.3 Å². The highest BCUT2D eigenvalue weighted by Gasteiger charge is 2.41. The van der Waals surface area contributed by atoms with Crippen molar-refractivity contribution in [1.29, 1.82) is 0 Å². The molecule has 116 valence electrons. The first-order chi connectivity index (χ1) is 10.7. The van der Waals surface area contributed by atoms with Crippen molar-refractivity contribution >= 4 is 16.8 Å². The Labute approximate surface area is 127 Å². The Kier molecular flexibility index (Phi) is 3.16. The fourth-order valence-corrected chi connectivity index (χ4v) is 3.28. The molecule has 0 aliphatic carbocycles. The predicted octanol–water partition coefficient (Wildman–Crippen LogP) is 2.29. The zero-order valence-electron chi connectivity index (χ0n) is 12.1. The van der Waals surface area contributed by atoms with Gasteiger partial charge in [0.15, 0.2) is 5.79 Å². The number of carbonyl (C=O) groups is 1. The van der Waals surface area contributed by atoms with E-state index in [-0.39, 0.29) is 11.7 Å². The molecule has 0 bridgehead atoms. The topological polar surface area (TPSA) is 54.6 Å². The van der Waals surface area contributed by atoms with Crippen LogP contribution in [0.15, 0.2) is 24.4 Å². The van der Waals surface area contributed by atoms with Crippen molar-refractivity contribution in [3.63, 3.8) is 0 Å². The number of halogens is 1. The van der Waals surface area contributed by atoms with Crippen molar-refractivity contribution < 1.29 is 18.7 Å². The summed E-state index contributed by atoms with van der Waals surface area (Å²) >= 11 is 0. The Morgan fingerprint density at radius 2 is 1.95 bits per heavy atom. The molecule has 1 N–H and O–H groups in total. The lowest BCUT2D eigenvalue weighted by Gasteiger charge is -2.37. The monoisotopic (exact) mass is 304 g/mol. The molecule has 2 saturated heterocycles. The SMILES string of the molecule is O=C(c1c[nH]c2cc(F)ccc12)N1CCC2(CC1)OCCO2. The molecule has 2 aliphatic heterocycles. The standard InChI is InChI=1S/C16H17FN2O3/c17-11-1-2-12-13(10-18-14(12)9-11)15(20)19-5-3-16(4-6-19)21-7-8-22-16/h1-2,9-10,18H,3-8H2. The zero-order valence-corrected chi connectivity index (χ0v) is 12.1. The first-order valence-corrected chi connectivity index (χ1v) is 7.51. The van der Waals surface area contributed by atoms with Gasteiger partial charge in [-0.3, -0.25) is 4.79 Å². The molecule has 1 aromatic carbocycles. The average molecular weight is 304 g/mol. The van der Waals surface area contributed by atoms with E-state index in [9.17, 15) is 9.18 Å². The number of piperidine rings is 1. The number of nitrogens with one attached hydrogen (secondary N) is 1. The third-order valence-electron chi connectivity index (χ3n) is 4.50. The number of rotatable bonds is 1. The van der Waals surface area contributed by atoms with Gasteiger partial charge in [0, 0.05) is 43.0 Å². The van der Waals surface area contributed by atoms with Gasteiger partial charge in [0.05, 0.1) is 18.8 Å². The van der Waals surface area contributed by atoms with Crippen LogP contribution in [0.1, 0.15) is 23.2 Å². The third-order valence-corrected chi connectivity index (χ3v) is 4.50. The molecule has 1 spiro atoms. The number of carbonyl (C=O) groups excluding carboxylic acids is 1. The van der Waals surface area contributed by atoms with Crippen LogP contribution in [0.2, 0.25) is 0 Å². The molecule has 2 fully saturated rings. The maximum Gasteiger partial charge on any atom is 0.256 e. The van der Waals surface area contributed by atoms with Gasteiger partial charge in [0.1, 0.15) is 5.82 Å². The van der Waals surface area contributed by atoms with Gasteiger partial charge in [0.2, 0.25) is 0 Å². The Bertz CT molecular complexity index is 711. The minimum absolute atomic E-state index is 0.0364. The van der Waals surface area contributed by atoms with Crippen molar-refractivity contribution in [2.45, 2.75) is 18.6 Å². The number of aromatic amines is 1. The quantitative estimate of drug-likeness (QED) is 0.879. The van der Waals surface area contributed by atoms with E-state index in [4.69, 9.17) is 9.47 Å². The molecule has 5 nitrogen and oxygen atoms in total. The van der Waals surface area contributed by atoms with Gasteiger partial charge in [-0.2, -0.15) is 0 Å². The molecule has 0 atom stereocenters. The molecule has 4 rings (SSSR count). The van der Waals surface area contributed by atoms with Gasteiger partial charge >= 0.3 is 0 Å². The average Bonchev–Trinajstić information content (AvgIpc) is 3.14. The number of ether oxygens (including phenoxy) is 2. The Morgan fingerprint density at radius 3 is 2.68 bits per heavy atom. The van der Waals surface area contributed by atoms with Crippen LogP contribution in [-0.2, 0) is 9.47 Å². The Balaban J connectivity index is 1.54. The number of fused-ring (bicyclic) bond motifs is 1. The maximum atomic E-state index is 13.2. The van der Waals surface area contributed by atoms with Crippen molar-refractivity contribution in [1.82, 2.24) is 9.88 Å². The second kappa shape index (κ2) is 5.07. The second-order valence-electron chi connectivity index (χ2n) is 5.79. The van der Waals surface area contributed by atoms with Gasteiger partial charge in [-0.15, -0.1) is 0 Å². The first kappa shape index (κ1) is 13.7. The third kappa shape index (κ3) is 2.19. The summed E-state index contributed by atoms with van der Waals surface area (Å²) in [6.45, 7) is 2.46. The minimum Gasteiger partial charge on any atom is -0.360 e. The van der Waals surface area contributed by atoms with Gasteiger partial charge in [0.25, 0.3) is 5.91 Å². The van der Waals surface area contributed by atoms with E-state index < -0.39 is 5.79 Å². The smallest absolute Gasteiger partial charge is 0.256 e. The number of likely N-dealkylation sites (tertiary alicyclic amines) is 1. The second-order valence-corrected chi connectivity index (χ2v) is 5.79. The van der Waals surface area contributed by atoms with Crippen molar-refractivity contribution in [3.05, 3.63) is 35.8 Å². The summed E-state index contributed by atoms with van der Waals surface area (Å²) in [4.78, 5) is 17.5. The van der Waals surface area contributed by atoms with Gasteiger partial charge in [-0.05, 0) is 18.2 Å². The normalized spacial score (nSPS) is 20.9. The molecule has 1 amide bonds. The summed E-state index contributed by atoms with van der Waals surface area (Å²) in [6, 6.07) is 4.42. The van der Waals surface area contributed by atoms with Crippen LogP contribution in [0, 0.1) is 5.82 Å². The molecular weight excluding hydrogens is 287 g/mol. The van der Waals surface area contributed by atoms with Crippen molar-refractivity contribution in [2.75, 3.05) is 26.3 Å².